The average molecular weight is 318 g/mol. The van der Waals surface area contributed by atoms with Crippen LogP contribution in [0.2, 0.25) is 0 Å². The summed E-state index contributed by atoms with van der Waals surface area (Å²) in [5.41, 5.74) is -2.28. The molecule has 17 heavy (non-hydrogen) atoms. The van der Waals surface area contributed by atoms with Crippen molar-refractivity contribution < 1.29 is 9.32 Å². The minimum absolute atomic E-state index is 0.394. The van der Waals surface area contributed by atoms with Crippen molar-refractivity contribution in [2.24, 2.45) is 0 Å². The highest BCUT2D eigenvalue weighted by atomic mass is 35.5. The molecule has 0 fully saturated rings. The molecule has 0 aliphatic rings. The van der Waals surface area contributed by atoms with Crippen molar-refractivity contribution in [3.63, 3.8) is 0 Å². The van der Waals surface area contributed by atoms with E-state index < -0.39 is 5.62 Å². The van der Waals surface area contributed by atoms with Gasteiger partial charge >= 0.3 is 0 Å². The molecule has 2 unspecified atom stereocenters. The minimum atomic E-state index is -2.28. The number of carbonyl (C=O) groups excluding carboxylic acids is 1. The number of carbonyl (C=O) groups is 1. The van der Waals surface area contributed by atoms with Gasteiger partial charge in [-0.1, -0.05) is 25.2 Å². The summed E-state index contributed by atoms with van der Waals surface area (Å²) in [6.07, 6.45) is 2.56. The number of hydrogen-bond acceptors (Lipinski definition) is 4. The molecule has 0 aromatic heterocycles. The Morgan fingerprint density at radius 2 is 2.24 bits per heavy atom. The molecular formula is C10H21ClNO2PS2. The lowest BCUT2D eigenvalue weighted by Crippen LogP contribution is -2.21. The smallest absolute Gasteiger partial charge is 0.215 e. The standard InChI is InChI=1S/C10H21ClNO2PS2/c1-4-10(3)17-15(16,14-5-2)12(9-13)8-6-7-11/h9-10H,4-8H2,1-3H3. The average Bonchev–Trinajstić information content (AvgIpc) is 2.30. The zero-order valence-electron chi connectivity index (χ0n) is 10.6. The van der Waals surface area contributed by atoms with Gasteiger partial charge in [0.05, 0.1) is 6.61 Å². The number of halogens is 1. The van der Waals surface area contributed by atoms with Gasteiger partial charge in [0.15, 0.2) is 0 Å². The topological polar surface area (TPSA) is 29.5 Å². The van der Waals surface area contributed by atoms with E-state index in [1.54, 1.807) is 16.1 Å². The Bertz CT molecular complexity index is 269. The van der Waals surface area contributed by atoms with E-state index in [1.165, 1.54) is 0 Å². The Kier molecular flexibility index (Phi) is 10.0. The van der Waals surface area contributed by atoms with Gasteiger partial charge in [-0.25, -0.2) is 0 Å². The van der Waals surface area contributed by atoms with Crippen LogP contribution in [0.5, 0.6) is 0 Å². The third-order valence-electron chi connectivity index (χ3n) is 2.14. The van der Waals surface area contributed by atoms with Gasteiger partial charge in [-0.15, -0.1) is 11.6 Å². The van der Waals surface area contributed by atoms with Gasteiger partial charge in [-0.3, -0.25) is 9.46 Å². The molecule has 0 aliphatic heterocycles. The largest absolute Gasteiger partial charge is 0.327 e. The normalized spacial score (nSPS) is 16.2. The van der Waals surface area contributed by atoms with E-state index in [0.717, 1.165) is 19.3 Å². The molecule has 0 aliphatic carbocycles. The van der Waals surface area contributed by atoms with Crippen LogP contribution in [0.4, 0.5) is 0 Å². The van der Waals surface area contributed by atoms with E-state index in [4.69, 9.17) is 27.9 Å². The fourth-order valence-electron chi connectivity index (χ4n) is 1.08. The van der Waals surface area contributed by atoms with Crippen LogP contribution in [0, 0.1) is 0 Å². The van der Waals surface area contributed by atoms with Crippen molar-refractivity contribution in [1.82, 2.24) is 4.67 Å². The number of hydrogen-bond donors (Lipinski definition) is 0. The SMILES string of the molecule is CCOP(=S)(SC(C)CC)N(C=O)CCCCl. The second kappa shape index (κ2) is 9.62. The fourth-order valence-corrected chi connectivity index (χ4v) is 8.00. The van der Waals surface area contributed by atoms with E-state index in [9.17, 15) is 4.79 Å². The lowest BCUT2D eigenvalue weighted by Gasteiger charge is -2.32. The molecule has 7 heteroatoms. The Balaban J connectivity index is 4.74. The zero-order valence-corrected chi connectivity index (χ0v) is 13.9. The van der Waals surface area contributed by atoms with Crippen molar-refractivity contribution in [2.75, 3.05) is 19.0 Å². The maximum absolute atomic E-state index is 11.2. The van der Waals surface area contributed by atoms with Crippen LogP contribution < -0.4 is 0 Å². The first kappa shape index (κ1) is 17.7. The van der Waals surface area contributed by atoms with E-state index in [2.05, 4.69) is 13.8 Å². The number of nitrogens with zero attached hydrogens (tertiary/aromatic N) is 1. The summed E-state index contributed by atoms with van der Waals surface area (Å²) >= 11 is 12.8. The molecule has 102 valence electrons. The van der Waals surface area contributed by atoms with Gasteiger partial charge in [0.1, 0.15) is 0 Å². The molecule has 0 saturated carbocycles. The molecule has 2 atom stereocenters. The van der Waals surface area contributed by atoms with Gasteiger partial charge in [0.25, 0.3) is 0 Å². The lowest BCUT2D eigenvalue weighted by atomic mass is 10.4. The molecule has 0 heterocycles. The van der Waals surface area contributed by atoms with Crippen molar-refractivity contribution in [3.05, 3.63) is 0 Å². The lowest BCUT2D eigenvalue weighted by molar-refractivity contribution is -0.114. The molecule has 3 nitrogen and oxygen atoms in total. The van der Waals surface area contributed by atoms with Crippen LogP contribution in [-0.4, -0.2) is 35.4 Å². The van der Waals surface area contributed by atoms with Gasteiger partial charge in [-0.2, -0.15) is 0 Å². The highest BCUT2D eigenvalue weighted by Crippen LogP contribution is 2.64. The molecule has 0 bridgehead atoms. The van der Waals surface area contributed by atoms with Crippen LogP contribution in [0.3, 0.4) is 0 Å². The quantitative estimate of drug-likeness (QED) is 0.347. The molecule has 1 amide bonds. The molecular weight excluding hydrogens is 297 g/mol. The number of alkyl halides is 1. The summed E-state index contributed by atoms with van der Waals surface area (Å²) in [5.74, 6) is 0.528. The number of amides is 1. The van der Waals surface area contributed by atoms with Crippen LogP contribution in [0.25, 0.3) is 0 Å². The van der Waals surface area contributed by atoms with Gasteiger partial charge < -0.3 is 4.52 Å². The first-order valence-corrected chi connectivity index (χ1v) is 10.4. The molecule has 0 saturated heterocycles. The number of rotatable bonds is 10. The molecule has 0 aromatic rings. The third kappa shape index (κ3) is 6.44. The summed E-state index contributed by atoms with van der Waals surface area (Å²) in [6, 6.07) is 0. The second-order valence-electron chi connectivity index (χ2n) is 3.52. The molecule has 0 radical (unpaired) electrons. The summed E-state index contributed by atoms with van der Waals surface area (Å²) in [6.45, 7) is 7.23. The highest BCUT2D eigenvalue weighted by Gasteiger charge is 2.28. The zero-order chi connectivity index (χ0) is 13.3. The summed E-state index contributed by atoms with van der Waals surface area (Å²) in [7, 11) is 0. The van der Waals surface area contributed by atoms with E-state index in [0.29, 0.717) is 24.3 Å². The Morgan fingerprint density at radius 1 is 1.59 bits per heavy atom. The molecule has 0 N–H and O–H groups in total. The van der Waals surface area contributed by atoms with Crippen molar-refractivity contribution in [3.8, 4) is 0 Å². The first-order chi connectivity index (χ1) is 8.03. The predicted molar refractivity (Wildman–Crippen MR) is 81.4 cm³/mol. The third-order valence-corrected chi connectivity index (χ3v) is 9.42. The second-order valence-corrected chi connectivity index (χ2v) is 10.9. The summed E-state index contributed by atoms with van der Waals surface area (Å²) < 4.78 is 7.32. The fraction of sp³-hybridized carbons (Fsp3) is 0.900. The van der Waals surface area contributed by atoms with Crippen LogP contribution in [0.15, 0.2) is 0 Å². The van der Waals surface area contributed by atoms with Crippen molar-refractivity contribution >= 4 is 46.8 Å². The monoisotopic (exact) mass is 317 g/mol. The van der Waals surface area contributed by atoms with Crippen molar-refractivity contribution in [2.45, 2.75) is 38.9 Å². The van der Waals surface area contributed by atoms with Crippen LogP contribution in [-0.2, 0) is 21.1 Å². The first-order valence-electron chi connectivity index (χ1n) is 5.75. The molecule has 0 rings (SSSR count). The van der Waals surface area contributed by atoms with Crippen molar-refractivity contribution in [1.29, 1.82) is 0 Å². The van der Waals surface area contributed by atoms with Gasteiger partial charge in [-0.05, 0) is 31.6 Å². The maximum Gasteiger partial charge on any atom is 0.215 e. The molecule has 0 aromatic carbocycles. The Morgan fingerprint density at radius 3 is 2.65 bits per heavy atom. The van der Waals surface area contributed by atoms with Crippen LogP contribution >= 0.6 is 28.6 Å². The van der Waals surface area contributed by atoms with E-state index in [-0.39, 0.29) is 0 Å². The summed E-state index contributed by atoms with van der Waals surface area (Å²) in [5, 5.41) is 0.394. The van der Waals surface area contributed by atoms with Gasteiger partial charge in [0, 0.05) is 17.7 Å². The maximum atomic E-state index is 11.2. The summed E-state index contributed by atoms with van der Waals surface area (Å²) in [4.78, 5) is 11.2. The molecule has 0 spiro atoms. The predicted octanol–water partition coefficient (Wildman–Crippen LogP) is 3.87. The highest BCUT2D eigenvalue weighted by molar-refractivity contribution is 8.69. The van der Waals surface area contributed by atoms with Gasteiger partial charge in [0.2, 0.25) is 12.0 Å². The Hall–Kier alpha value is 0.720. The Labute approximate surface area is 118 Å². The van der Waals surface area contributed by atoms with E-state index >= 15 is 0 Å². The van der Waals surface area contributed by atoms with Crippen LogP contribution in [0.1, 0.15) is 33.6 Å². The minimum Gasteiger partial charge on any atom is -0.327 e. The van der Waals surface area contributed by atoms with E-state index in [1.807, 2.05) is 6.92 Å².